The van der Waals surface area contributed by atoms with Crippen LogP contribution in [0.4, 0.5) is 5.69 Å². The summed E-state index contributed by atoms with van der Waals surface area (Å²) < 4.78 is 40.3. The largest absolute Gasteiger partial charge is 0.384 e. The second-order valence-corrected chi connectivity index (χ2v) is 13.0. The Morgan fingerprint density at radius 2 is 1.74 bits per heavy atom. The number of ether oxygens (including phenoxy) is 2. The van der Waals surface area contributed by atoms with E-state index in [4.69, 9.17) is 9.47 Å². The average Bonchev–Trinajstić information content (AvgIpc) is 2.82. The molecule has 2 aromatic rings. The number of nitrogens with one attached hydrogen (secondary N) is 2. The number of anilines is 1. The van der Waals surface area contributed by atoms with E-state index in [9.17, 15) is 13.7 Å². The number of nitrogens with zero attached hydrogens (tertiary/aromatic N) is 2. The summed E-state index contributed by atoms with van der Waals surface area (Å²) in [7, 11) is -4.03. The molecule has 2 N–H and O–H groups in total. The van der Waals surface area contributed by atoms with Gasteiger partial charge in [0, 0.05) is 44.0 Å². The topological polar surface area (TPSA) is 104 Å². The summed E-state index contributed by atoms with van der Waals surface area (Å²) in [6.07, 6.45) is 0.472. The molecule has 2 aromatic carbocycles. The van der Waals surface area contributed by atoms with Crippen molar-refractivity contribution in [2.45, 2.75) is 59.1 Å². The third kappa shape index (κ3) is 8.79. The second kappa shape index (κ2) is 12.6. The Morgan fingerprint density at radius 1 is 1.08 bits per heavy atom. The first kappa shape index (κ1) is 30.1. The van der Waals surface area contributed by atoms with Crippen LogP contribution in [0.15, 0.2) is 41.3 Å². The third-order valence-corrected chi connectivity index (χ3v) is 8.27. The normalized spacial score (nSPS) is 16.2. The Hall–Kier alpha value is -2.48. The number of hydrogen-bond acceptors (Lipinski definition) is 7. The van der Waals surface area contributed by atoms with Crippen molar-refractivity contribution in [3.63, 3.8) is 0 Å². The molecule has 38 heavy (non-hydrogen) atoms. The summed E-state index contributed by atoms with van der Waals surface area (Å²) in [5.41, 5.74) is 1.06. The Labute approximate surface area is 228 Å². The van der Waals surface area contributed by atoms with Crippen LogP contribution >= 0.6 is 0 Å². The summed E-state index contributed by atoms with van der Waals surface area (Å²) in [6.45, 7) is 16.9. The summed E-state index contributed by atoms with van der Waals surface area (Å²) >= 11 is 0. The molecule has 3 rings (SSSR count). The molecule has 0 spiro atoms. The van der Waals surface area contributed by atoms with E-state index in [1.54, 1.807) is 20.8 Å². The predicted molar refractivity (Wildman–Crippen MR) is 154 cm³/mol. The lowest BCUT2D eigenvalue weighted by atomic mass is 10.0. The monoisotopic (exact) mass is 542 g/mol. The molecule has 0 bridgehead atoms. The molecule has 1 aliphatic rings. The van der Waals surface area contributed by atoms with Crippen LogP contribution in [-0.2, 0) is 19.5 Å². The molecule has 0 radical (unpaired) electrons. The van der Waals surface area contributed by atoms with Crippen molar-refractivity contribution in [1.82, 2.24) is 9.62 Å². The van der Waals surface area contributed by atoms with Gasteiger partial charge < -0.3 is 14.8 Å². The van der Waals surface area contributed by atoms with Crippen molar-refractivity contribution in [1.29, 1.82) is 5.26 Å². The molecule has 0 saturated carbocycles. The maximum Gasteiger partial charge on any atom is 0.251 e. The van der Waals surface area contributed by atoms with Crippen LogP contribution in [-0.4, -0.2) is 70.5 Å². The van der Waals surface area contributed by atoms with E-state index in [2.05, 4.69) is 21.0 Å². The fourth-order valence-corrected chi connectivity index (χ4v) is 5.90. The molecular formula is C29H42N4O4S. The first-order chi connectivity index (χ1) is 17.8. The maximum absolute atomic E-state index is 13.2. The fraction of sp³-hybridized carbons (Fsp3) is 0.552. The Kier molecular flexibility index (Phi) is 9.96. The molecule has 0 amide bonds. The lowest BCUT2D eigenvalue weighted by Crippen LogP contribution is -2.45. The molecule has 1 fully saturated rings. The summed E-state index contributed by atoms with van der Waals surface area (Å²) in [5, 5.41) is 15.3. The minimum atomic E-state index is -4.03. The number of rotatable bonds is 11. The van der Waals surface area contributed by atoms with E-state index in [0.717, 1.165) is 55.9 Å². The molecule has 1 aliphatic heterocycles. The van der Waals surface area contributed by atoms with Crippen molar-refractivity contribution in [2.75, 3.05) is 51.3 Å². The zero-order valence-electron chi connectivity index (χ0n) is 23.6. The highest BCUT2D eigenvalue weighted by Gasteiger charge is 2.30. The number of morpholine rings is 1. The van der Waals surface area contributed by atoms with Crippen LogP contribution in [0.25, 0.3) is 16.3 Å². The van der Waals surface area contributed by atoms with Gasteiger partial charge in [0.15, 0.2) is 4.91 Å². The van der Waals surface area contributed by atoms with Gasteiger partial charge in [0.05, 0.1) is 18.8 Å². The molecule has 8 nitrogen and oxygen atoms in total. The van der Waals surface area contributed by atoms with Gasteiger partial charge in [0.2, 0.25) is 0 Å². The molecule has 0 atom stereocenters. The number of allylic oxidation sites excluding steroid dienone is 2. The summed E-state index contributed by atoms with van der Waals surface area (Å²) in [6, 6.07) is 13.8. The number of sulfonamides is 1. The van der Waals surface area contributed by atoms with Crippen LogP contribution < -0.4 is 10.0 Å². The highest BCUT2D eigenvalue weighted by molar-refractivity contribution is 7.94. The van der Waals surface area contributed by atoms with Crippen LogP contribution in [0.5, 0.6) is 0 Å². The van der Waals surface area contributed by atoms with Gasteiger partial charge in [0.1, 0.15) is 6.07 Å². The standard InChI is InChI=1S/C29H42N4O4S/c1-22(27(21-30)38(34,35)32-29(5,6)11-16-37-28(2,3)4)23-7-8-25-20-26(10-9-24(25)19-23)31-12-13-33-14-17-36-18-15-33/h7-10,19-20,31-32H,11-18H2,1-6H3. The van der Waals surface area contributed by atoms with E-state index in [0.29, 0.717) is 24.2 Å². The molecule has 208 valence electrons. The van der Waals surface area contributed by atoms with Gasteiger partial charge >= 0.3 is 0 Å². The van der Waals surface area contributed by atoms with Crippen molar-refractivity contribution in [2.24, 2.45) is 0 Å². The first-order valence-electron chi connectivity index (χ1n) is 13.2. The Bertz CT molecular complexity index is 1280. The van der Waals surface area contributed by atoms with E-state index in [-0.39, 0.29) is 10.5 Å². The van der Waals surface area contributed by atoms with Gasteiger partial charge in [0.25, 0.3) is 10.0 Å². The third-order valence-electron chi connectivity index (χ3n) is 6.52. The molecule has 0 aliphatic carbocycles. The molecular weight excluding hydrogens is 500 g/mol. The van der Waals surface area contributed by atoms with Crippen LogP contribution in [0.1, 0.15) is 53.5 Å². The number of nitriles is 1. The van der Waals surface area contributed by atoms with E-state index in [1.807, 2.05) is 57.2 Å². The average molecular weight is 543 g/mol. The van der Waals surface area contributed by atoms with Crippen molar-refractivity contribution in [3.05, 3.63) is 46.9 Å². The number of benzene rings is 2. The number of hydrogen-bond donors (Lipinski definition) is 2. The van der Waals surface area contributed by atoms with Crippen LogP contribution in [0.2, 0.25) is 0 Å². The van der Waals surface area contributed by atoms with Crippen molar-refractivity contribution >= 4 is 32.1 Å². The Morgan fingerprint density at radius 3 is 2.39 bits per heavy atom. The second-order valence-electron chi connectivity index (χ2n) is 11.4. The van der Waals surface area contributed by atoms with Gasteiger partial charge in [-0.2, -0.15) is 5.26 Å². The van der Waals surface area contributed by atoms with Gasteiger partial charge in [-0.3, -0.25) is 4.90 Å². The minimum Gasteiger partial charge on any atom is -0.384 e. The van der Waals surface area contributed by atoms with Gasteiger partial charge in [-0.05, 0) is 88.1 Å². The molecule has 1 heterocycles. The lowest BCUT2D eigenvalue weighted by molar-refractivity contribution is -0.0102. The highest BCUT2D eigenvalue weighted by atomic mass is 32.2. The van der Waals surface area contributed by atoms with Crippen molar-refractivity contribution < 1.29 is 17.9 Å². The van der Waals surface area contributed by atoms with Crippen LogP contribution in [0, 0.1) is 11.3 Å². The van der Waals surface area contributed by atoms with Gasteiger partial charge in [-0.1, -0.05) is 18.2 Å². The van der Waals surface area contributed by atoms with Crippen LogP contribution in [0.3, 0.4) is 0 Å². The number of fused-ring (bicyclic) bond motifs is 1. The molecule has 0 unspecified atom stereocenters. The zero-order valence-corrected chi connectivity index (χ0v) is 24.4. The van der Waals surface area contributed by atoms with E-state index in [1.165, 1.54) is 0 Å². The molecule has 0 aromatic heterocycles. The maximum atomic E-state index is 13.2. The lowest BCUT2D eigenvalue weighted by Gasteiger charge is -2.28. The quantitative estimate of drug-likeness (QED) is 0.395. The predicted octanol–water partition coefficient (Wildman–Crippen LogP) is 4.74. The van der Waals surface area contributed by atoms with E-state index < -0.39 is 15.6 Å². The molecule has 1 saturated heterocycles. The SMILES string of the molecule is CC(=C(C#N)S(=O)(=O)NC(C)(C)CCOC(C)(C)C)c1ccc2cc(NCCN3CCOCC3)ccc2c1. The summed E-state index contributed by atoms with van der Waals surface area (Å²) in [4.78, 5) is 2.11. The van der Waals surface area contributed by atoms with E-state index >= 15 is 0 Å². The minimum absolute atomic E-state index is 0.275. The Balaban J connectivity index is 1.72. The summed E-state index contributed by atoms with van der Waals surface area (Å²) in [5.74, 6) is 0. The highest BCUT2D eigenvalue weighted by Crippen LogP contribution is 2.28. The fourth-order valence-electron chi connectivity index (χ4n) is 4.33. The first-order valence-corrected chi connectivity index (χ1v) is 14.7. The molecule has 9 heteroatoms. The van der Waals surface area contributed by atoms with Gasteiger partial charge in [-0.15, -0.1) is 0 Å². The zero-order chi connectivity index (χ0) is 28.0. The smallest absolute Gasteiger partial charge is 0.251 e. The van der Waals surface area contributed by atoms with Gasteiger partial charge in [-0.25, -0.2) is 13.1 Å². The van der Waals surface area contributed by atoms with Crippen molar-refractivity contribution in [3.8, 4) is 6.07 Å².